The molecule has 0 saturated heterocycles. The number of hydrogen-bond donors (Lipinski definition) is 1. The molecule has 104 valence electrons. The predicted molar refractivity (Wildman–Crippen MR) is 80.1 cm³/mol. The fourth-order valence-corrected chi connectivity index (χ4v) is 2.82. The lowest BCUT2D eigenvalue weighted by Gasteiger charge is -2.24. The topological polar surface area (TPSA) is 29.3 Å². The van der Waals surface area contributed by atoms with Gasteiger partial charge in [-0.25, -0.2) is 4.39 Å². The van der Waals surface area contributed by atoms with Gasteiger partial charge in [-0.05, 0) is 48.2 Å². The Hall–Kier alpha value is -1.87. The van der Waals surface area contributed by atoms with Crippen LogP contribution in [0.15, 0.2) is 36.4 Å². The van der Waals surface area contributed by atoms with Crippen LogP contribution < -0.4 is 10.6 Å². The molecule has 0 amide bonds. The summed E-state index contributed by atoms with van der Waals surface area (Å²) in [5.74, 6) is -0.183. The number of halogens is 1. The molecule has 1 aliphatic rings. The zero-order valence-electron chi connectivity index (χ0n) is 11.9. The monoisotopic (exact) mass is 270 g/mol. The number of nitrogens with two attached hydrogens (primary N) is 1. The number of hydrogen-bond acceptors (Lipinski definition) is 2. The van der Waals surface area contributed by atoms with E-state index in [4.69, 9.17) is 5.73 Å². The molecule has 2 nitrogen and oxygen atoms in total. The van der Waals surface area contributed by atoms with E-state index in [1.807, 2.05) is 13.0 Å². The molecule has 0 spiro atoms. The summed E-state index contributed by atoms with van der Waals surface area (Å²) in [5.41, 5.74) is 11.3. The average Bonchev–Trinajstić information content (AvgIpc) is 2.84. The van der Waals surface area contributed by atoms with Gasteiger partial charge in [0.25, 0.3) is 0 Å². The van der Waals surface area contributed by atoms with Gasteiger partial charge < -0.3 is 10.6 Å². The standard InChI is InChI=1S/C17H19FN2/c1-11-7-17(15(12(2)19)8-16(11)18)20-9-13-5-3-4-6-14(13)10-20/h3-8,12H,9-10,19H2,1-2H3. The molecule has 0 saturated carbocycles. The van der Waals surface area contributed by atoms with Gasteiger partial charge in [0, 0.05) is 24.8 Å². The second kappa shape index (κ2) is 4.91. The van der Waals surface area contributed by atoms with Crippen molar-refractivity contribution in [1.29, 1.82) is 0 Å². The number of nitrogens with zero attached hydrogens (tertiary/aromatic N) is 1. The zero-order valence-corrected chi connectivity index (χ0v) is 11.9. The highest BCUT2D eigenvalue weighted by Gasteiger charge is 2.22. The van der Waals surface area contributed by atoms with Gasteiger partial charge in [0.15, 0.2) is 0 Å². The molecule has 20 heavy (non-hydrogen) atoms. The van der Waals surface area contributed by atoms with Crippen LogP contribution in [-0.2, 0) is 13.1 Å². The van der Waals surface area contributed by atoms with Gasteiger partial charge in [0.1, 0.15) is 5.82 Å². The summed E-state index contributed by atoms with van der Waals surface area (Å²) in [5, 5.41) is 0. The summed E-state index contributed by atoms with van der Waals surface area (Å²) in [4.78, 5) is 2.27. The smallest absolute Gasteiger partial charge is 0.126 e. The first kappa shape index (κ1) is 13.1. The highest BCUT2D eigenvalue weighted by Crippen LogP contribution is 2.34. The molecule has 1 unspecified atom stereocenters. The van der Waals surface area contributed by atoms with Crippen molar-refractivity contribution in [3.63, 3.8) is 0 Å². The maximum absolute atomic E-state index is 13.8. The third-order valence-corrected chi connectivity index (χ3v) is 3.98. The molecule has 0 fully saturated rings. The van der Waals surface area contributed by atoms with Crippen molar-refractivity contribution in [2.24, 2.45) is 5.73 Å². The Bertz CT molecular complexity index is 624. The lowest BCUT2D eigenvalue weighted by atomic mass is 10.0. The molecule has 0 aliphatic carbocycles. The Morgan fingerprint density at radius 3 is 2.30 bits per heavy atom. The normalized spacial score (nSPS) is 15.3. The van der Waals surface area contributed by atoms with Gasteiger partial charge >= 0.3 is 0 Å². The molecule has 0 aromatic heterocycles. The van der Waals surface area contributed by atoms with Crippen molar-refractivity contribution in [3.8, 4) is 0 Å². The molecule has 0 radical (unpaired) electrons. The van der Waals surface area contributed by atoms with E-state index in [9.17, 15) is 4.39 Å². The van der Waals surface area contributed by atoms with Crippen molar-refractivity contribution >= 4 is 5.69 Å². The number of rotatable bonds is 2. The maximum atomic E-state index is 13.8. The molecule has 0 bridgehead atoms. The molecule has 1 heterocycles. The van der Waals surface area contributed by atoms with Crippen molar-refractivity contribution in [3.05, 3.63) is 64.5 Å². The Labute approximate surface area is 119 Å². The summed E-state index contributed by atoms with van der Waals surface area (Å²) >= 11 is 0. The second-order valence-corrected chi connectivity index (χ2v) is 5.57. The van der Waals surface area contributed by atoms with Gasteiger partial charge in [0.05, 0.1) is 0 Å². The van der Waals surface area contributed by atoms with Crippen LogP contribution in [-0.4, -0.2) is 0 Å². The quantitative estimate of drug-likeness (QED) is 0.902. The summed E-state index contributed by atoms with van der Waals surface area (Å²) in [6.07, 6.45) is 0. The van der Waals surface area contributed by atoms with Gasteiger partial charge in [-0.1, -0.05) is 24.3 Å². The fourth-order valence-electron chi connectivity index (χ4n) is 2.82. The summed E-state index contributed by atoms with van der Waals surface area (Å²) in [6.45, 7) is 5.42. The maximum Gasteiger partial charge on any atom is 0.126 e. The minimum atomic E-state index is -0.183. The molecule has 1 atom stereocenters. The molecule has 2 aromatic rings. The van der Waals surface area contributed by atoms with Crippen molar-refractivity contribution in [2.45, 2.75) is 33.0 Å². The molecular weight excluding hydrogens is 251 g/mol. The van der Waals surface area contributed by atoms with Gasteiger partial charge in [0.2, 0.25) is 0 Å². The molecule has 2 aromatic carbocycles. The van der Waals surface area contributed by atoms with Crippen LogP contribution in [0.25, 0.3) is 0 Å². The van der Waals surface area contributed by atoms with Gasteiger partial charge in [-0.2, -0.15) is 0 Å². The minimum absolute atomic E-state index is 0.177. The van der Waals surface area contributed by atoms with Crippen LogP contribution in [0.1, 0.15) is 35.2 Å². The number of fused-ring (bicyclic) bond motifs is 1. The third kappa shape index (κ3) is 2.18. The van der Waals surface area contributed by atoms with E-state index >= 15 is 0 Å². The van der Waals surface area contributed by atoms with E-state index in [0.717, 1.165) is 24.3 Å². The Morgan fingerprint density at radius 1 is 1.15 bits per heavy atom. The first-order valence-corrected chi connectivity index (χ1v) is 6.93. The highest BCUT2D eigenvalue weighted by atomic mass is 19.1. The zero-order chi connectivity index (χ0) is 14.3. The molecular formula is C17H19FN2. The van der Waals surface area contributed by atoms with Crippen LogP contribution >= 0.6 is 0 Å². The Morgan fingerprint density at radius 2 is 1.75 bits per heavy atom. The average molecular weight is 270 g/mol. The number of benzene rings is 2. The SMILES string of the molecule is Cc1cc(N2Cc3ccccc3C2)c(C(C)N)cc1F. The second-order valence-electron chi connectivity index (χ2n) is 5.57. The summed E-state index contributed by atoms with van der Waals surface area (Å²) in [7, 11) is 0. The Kier molecular flexibility index (Phi) is 3.22. The van der Waals surface area contributed by atoms with Crippen molar-refractivity contribution in [2.75, 3.05) is 4.90 Å². The third-order valence-electron chi connectivity index (χ3n) is 3.98. The van der Waals surface area contributed by atoms with E-state index in [1.54, 1.807) is 13.0 Å². The first-order chi connectivity index (χ1) is 9.56. The summed E-state index contributed by atoms with van der Waals surface area (Å²) in [6, 6.07) is 11.7. The highest BCUT2D eigenvalue weighted by molar-refractivity contribution is 5.59. The van der Waals surface area contributed by atoms with E-state index in [-0.39, 0.29) is 11.9 Å². The molecule has 2 N–H and O–H groups in total. The largest absolute Gasteiger partial charge is 0.363 e. The van der Waals surface area contributed by atoms with Gasteiger partial charge in [-0.3, -0.25) is 0 Å². The van der Waals surface area contributed by atoms with Crippen LogP contribution in [0.4, 0.5) is 10.1 Å². The van der Waals surface area contributed by atoms with Crippen LogP contribution in [0.2, 0.25) is 0 Å². The van der Waals surface area contributed by atoms with E-state index in [1.165, 1.54) is 11.1 Å². The van der Waals surface area contributed by atoms with Crippen LogP contribution in [0.5, 0.6) is 0 Å². The predicted octanol–water partition coefficient (Wildman–Crippen LogP) is 3.67. The van der Waals surface area contributed by atoms with Crippen molar-refractivity contribution < 1.29 is 4.39 Å². The van der Waals surface area contributed by atoms with Crippen LogP contribution in [0.3, 0.4) is 0 Å². The van der Waals surface area contributed by atoms with E-state index in [0.29, 0.717) is 5.56 Å². The first-order valence-electron chi connectivity index (χ1n) is 6.93. The molecule has 1 aliphatic heterocycles. The fraction of sp³-hybridized carbons (Fsp3) is 0.294. The minimum Gasteiger partial charge on any atom is -0.363 e. The van der Waals surface area contributed by atoms with Gasteiger partial charge in [-0.15, -0.1) is 0 Å². The van der Waals surface area contributed by atoms with Crippen LogP contribution in [0, 0.1) is 12.7 Å². The number of aryl methyl sites for hydroxylation is 1. The Balaban J connectivity index is 2.02. The molecule has 3 heteroatoms. The van der Waals surface area contributed by atoms with Crippen molar-refractivity contribution in [1.82, 2.24) is 0 Å². The lowest BCUT2D eigenvalue weighted by molar-refractivity contribution is 0.612. The van der Waals surface area contributed by atoms with E-state index < -0.39 is 0 Å². The lowest BCUT2D eigenvalue weighted by Crippen LogP contribution is -2.19. The molecule has 3 rings (SSSR count). The summed E-state index contributed by atoms with van der Waals surface area (Å²) < 4.78 is 13.8. The number of anilines is 1. The van der Waals surface area contributed by atoms with E-state index in [2.05, 4.69) is 29.2 Å².